The molecule has 1 aliphatic rings. The van der Waals surface area contributed by atoms with E-state index in [4.69, 9.17) is 0 Å². The highest BCUT2D eigenvalue weighted by Crippen LogP contribution is 2.41. The van der Waals surface area contributed by atoms with Crippen molar-refractivity contribution in [2.75, 3.05) is 6.54 Å². The van der Waals surface area contributed by atoms with Crippen LogP contribution < -0.4 is 4.72 Å². The van der Waals surface area contributed by atoms with Crippen molar-refractivity contribution in [2.45, 2.75) is 56.8 Å². The fraction of sp³-hybridized carbons (Fsp3) is 0.733. The Kier molecular flexibility index (Phi) is 5.46. The lowest BCUT2D eigenvalue weighted by atomic mass is 9.77. The van der Waals surface area contributed by atoms with Gasteiger partial charge in [0.05, 0.1) is 10.9 Å². The van der Waals surface area contributed by atoms with Crippen molar-refractivity contribution >= 4 is 21.4 Å². The summed E-state index contributed by atoms with van der Waals surface area (Å²) in [6, 6.07) is 3.98. The maximum absolute atomic E-state index is 11.7. The Morgan fingerprint density at radius 3 is 2.62 bits per heavy atom. The minimum atomic E-state index is -3.16. The molecule has 0 unspecified atom stereocenters. The van der Waals surface area contributed by atoms with E-state index >= 15 is 0 Å². The third-order valence-corrected chi connectivity index (χ3v) is 7.30. The molecule has 0 atom stereocenters. The monoisotopic (exact) mass is 331 g/mol. The first-order valence-electron chi connectivity index (χ1n) is 7.58. The molecule has 120 valence electrons. The third-order valence-electron chi connectivity index (χ3n) is 4.39. The zero-order valence-electron chi connectivity index (χ0n) is 12.7. The molecule has 4 nitrogen and oxygen atoms in total. The second kappa shape index (κ2) is 6.77. The Morgan fingerprint density at radius 1 is 1.43 bits per heavy atom. The minimum absolute atomic E-state index is 0.382. The lowest BCUT2D eigenvalue weighted by molar-refractivity contribution is -0.0117. The van der Waals surface area contributed by atoms with Crippen LogP contribution in [0.25, 0.3) is 0 Å². The van der Waals surface area contributed by atoms with Crippen LogP contribution in [0, 0.1) is 5.92 Å². The van der Waals surface area contributed by atoms with Crippen molar-refractivity contribution in [1.29, 1.82) is 0 Å². The molecule has 1 heterocycles. The molecule has 0 aromatic carbocycles. The van der Waals surface area contributed by atoms with Crippen molar-refractivity contribution in [3.05, 3.63) is 22.4 Å². The quantitative estimate of drug-likeness (QED) is 0.842. The van der Waals surface area contributed by atoms with Gasteiger partial charge in [0.2, 0.25) is 10.0 Å². The molecule has 0 spiro atoms. The fourth-order valence-electron chi connectivity index (χ4n) is 2.81. The third kappa shape index (κ3) is 4.28. The molecule has 1 aromatic heterocycles. The second-order valence-electron chi connectivity index (χ2n) is 6.23. The van der Waals surface area contributed by atoms with E-state index in [0.29, 0.717) is 12.5 Å². The van der Waals surface area contributed by atoms with Crippen molar-refractivity contribution in [2.24, 2.45) is 5.92 Å². The van der Waals surface area contributed by atoms with Gasteiger partial charge in [0.15, 0.2) is 0 Å². The average molecular weight is 332 g/mol. The first-order chi connectivity index (χ1) is 9.83. The van der Waals surface area contributed by atoms with E-state index in [1.807, 2.05) is 17.5 Å². The zero-order valence-corrected chi connectivity index (χ0v) is 14.3. The SMILES string of the molecule is CC(C)S(=O)(=O)NCCC1CCC(O)(c2cccs2)CC1. The second-order valence-corrected chi connectivity index (χ2v) is 9.50. The van der Waals surface area contributed by atoms with Gasteiger partial charge in [-0.25, -0.2) is 13.1 Å². The summed E-state index contributed by atoms with van der Waals surface area (Å²) in [7, 11) is -3.16. The van der Waals surface area contributed by atoms with Gasteiger partial charge >= 0.3 is 0 Å². The minimum Gasteiger partial charge on any atom is -0.384 e. The highest BCUT2D eigenvalue weighted by atomic mass is 32.2. The number of thiophene rings is 1. The van der Waals surface area contributed by atoms with E-state index < -0.39 is 15.6 Å². The Morgan fingerprint density at radius 2 is 2.10 bits per heavy atom. The summed E-state index contributed by atoms with van der Waals surface area (Å²) in [6.45, 7) is 3.87. The lowest BCUT2D eigenvalue weighted by Crippen LogP contribution is -2.34. The molecule has 1 saturated carbocycles. The van der Waals surface area contributed by atoms with Gasteiger partial charge in [-0.2, -0.15) is 0 Å². The number of sulfonamides is 1. The zero-order chi connectivity index (χ0) is 15.5. The topological polar surface area (TPSA) is 66.4 Å². The summed E-state index contributed by atoms with van der Waals surface area (Å²) in [5, 5.41) is 12.3. The molecule has 6 heteroatoms. The summed E-state index contributed by atoms with van der Waals surface area (Å²) in [5.41, 5.74) is -0.665. The molecule has 0 radical (unpaired) electrons. The van der Waals surface area contributed by atoms with Gasteiger partial charge in [0.1, 0.15) is 0 Å². The Labute approximate surface area is 131 Å². The van der Waals surface area contributed by atoms with Crippen LogP contribution in [0.5, 0.6) is 0 Å². The van der Waals surface area contributed by atoms with Gasteiger partial charge in [-0.1, -0.05) is 6.07 Å². The number of hydrogen-bond acceptors (Lipinski definition) is 4. The molecule has 0 amide bonds. The van der Waals surface area contributed by atoms with Crippen molar-refractivity contribution in [3.8, 4) is 0 Å². The maximum Gasteiger partial charge on any atom is 0.213 e. The van der Waals surface area contributed by atoms with Gasteiger partial charge in [0, 0.05) is 11.4 Å². The van der Waals surface area contributed by atoms with E-state index in [-0.39, 0.29) is 5.25 Å². The van der Waals surface area contributed by atoms with Crippen molar-refractivity contribution < 1.29 is 13.5 Å². The molecule has 21 heavy (non-hydrogen) atoms. The van der Waals surface area contributed by atoms with Crippen LogP contribution in [0.15, 0.2) is 17.5 Å². The summed E-state index contributed by atoms with van der Waals surface area (Å²) < 4.78 is 26.0. The maximum atomic E-state index is 11.7. The highest BCUT2D eigenvalue weighted by molar-refractivity contribution is 7.90. The molecule has 2 N–H and O–H groups in total. The molecule has 0 saturated heterocycles. The summed E-state index contributed by atoms with van der Waals surface area (Å²) in [5.74, 6) is 0.500. The highest BCUT2D eigenvalue weighted by Gasteiger charge is 2.35. The molecule has 2 rings (SSSR count). The first-order valence-corrected chi connectivity index (χ1v) is 10.0. The lowest BCUT2D eigenvalue weighted by Gasteiger charge is -2.35. The van der Waals surface area contributed by atoms with Crippen molar-refractivity contribution in [1.82, 2.24) is 4.72 Å². The normalized spacial score (nSPS) is 27.1. The van der Waals surface area contributed by atoms with E-state index in [0.717, 1.165) is 37.0 Å². The van der Waals surface area contributed by atoms with Crippen LogP contribution in [0.4, 0.5) is 0 Å². The van der Waals surface area contributed by atoms with Crippen LogP contribution in [0.3, 0.4) is 0 Å². The summed E-state index contributed by atoms with van der Waals surface area (Å²) >= 11 is 1.61. The van der Waals surface area contributed by atoms with Gasteiger partial charge in [-0.15, -0.1) is 11.3 Å². The summed E-state index contributed by atoms with van der Waals surface area (Å²) in [4.78, 5) is 1.06. The molecular weight excluding hydrogens is 306 g/mol. The predicted octanol–water partition coefficient (Wildman–Crippen LogP) is 2.84. The van der Waals surface area contributed by atoms with Crippen molar-refractivity contribution in [3.63, 3.8) is 0 Å². The molecule has 0 bridgehead atoms. The largest absolute Gasteiger partial charge is 0.384 e. The Balaban J connectivity index is 1.78. The smallest absolute Gasteiger partial charge is 0.213 e. The number of nitrogens with one attached hydrogen (secondary N) is 1. The van der Waals surface area contributed by atoms with Crippen LogP contribution in [0.2, 0.25) is 0 Å². The first kappa shape index (κ1) is 16.9. The van der Waals surface area contributed by atoms with E-state index in [9.17, 15) is 13.5 Å². The molecular formula is C15H25NO3S2. The average Bonchev–Trinajstić information content (AvgIpc) is 2.95. The summed E-state index contributed by atoms with van der Waals surface area (Å²) in [6.07, 6.45) is 4.31. The molecule has 1 aliphatic carbocycles. The van der Waals surface area contributed by atoms with Crippen LogP contribution in [0.1, 0.15) is 50.8 Å². The van der Waals surface area contributed by atoms with E-state index in [2.05, 4.69) is 4.72 Å². The Hall–Kier alpha value is -0.430. The number of rotatable bonds is 6. The number of aliphatic hydroxyl groups is 1. The Bertz CT molecular complexity index is 529. The van der Waals surface area contributed by atoms with Gasteiger partial charge in [-0.05, 0) is 63.3 Å². The van der Waals surface area contributed by atoms with Gasteiger partial charge in [0.25, 0.3) is 0 Å². The van der Waals surface area contributed by atoms with Crippen LogP contribution in [-0.2, 0) is 15.6 Å². The molecule has 1 fully saturated rings. The van der Waals surface area contributed by atoms with Gasteiger partial charge < -0.3 is 5.11 Å². The number of hydrogen-bond donors (Lipinski definition) is 2. The molecule has 1 aromatic rings. The van der Waals surface area contributed by atoms with E-state index in [1.54, 1.807) is 25.2 Å². The predicted molar refractivity (Wildman–Crippen MR) is 86.8 cm³/mol. The fourth-order valence-corrected chi connectivity index (χ4v) is 4.43. The van der Waals surface area contributed by atoms with Crippen LogP contribution in [-0.4, -0.2) is 25.3 Å². The van der Waals surface area contributed by atoms with Crippen LogP contribution >= 0.6 is 11.3 Å². The molecule has 0 aliphatic heterocycles. The van der Waals surface area contributed by atoms with Gasteiger partial charge in [-0.3, -0.25) is 0 Å². The van der Waals surface area contributed by atoms with E-state index in [1.165, 1.54) is 0 Å². The standard InChI is InChI=1S/C15H25NO3S2/c1-12(2)21(18,19)16-10-7-13-5-8-15(17,9-6-13)14-4-3-11-20-14/h3-4,11-13,16-17H,5-10H2,1-2H3.